The van der Waals surface area contributed by atoms with Crippen molar-refractivity contribution in [3.05, 3.63) is 6.92 Å². The van der Waals surface area contributed by atoms with Crippen molar-refractivity contribution in [2.45, 2.75) is 18.2 Å². The first-order valence-electron chi connectivity index (χ1n) is 2.72. The van der Waals surface area contributed by atoms with E-state index in [0.717, 1.165) is 6.26 Å². The van der Waals surface area contributed by atoms with Gasteiger partial charge in [0.1, 0.15) is 5.37 Å². The minimum atomic E-state index is -3.03. The third-order valence-electron chi connectivity index (χ3n) is 1.04. The summed E-state index contributed by atoms with van der Waals surface area (Å²) in [7, 11) is -3.03. The molecule has 0 bridgehead atoms. The molecule has 0 aromatic carbocycles. The van der Waals surface area contributed by atoms with Crippen LogP contribution in [0.5, 0.6) is 0 Å². The molecule has 55 valence electrons. The molecular formula is C5H12NO2S. The van der Waals surface area contributed by atoms with Gasteiger partial charge in [-0.25, -0.2) is 8.42 Å². The maximum atomic E-state index is 10.6. The van der Waals surface area contributed by atoms with Crippen molar-refractivity contribution in [2.24, 2.45) is 5.73 Å². The summed E-state index contributed by atoms with van der Waals surface area (Å²) in [4.78, 5) is 0. The zero-order chi connectivity index (χ0) is 7.49. The molecule has 0 aliphatic carbocycles. The molecule has 0 aromatic rings. The molecule has 0 saturated heterocycles. The van der Waals surface area contributed by atoms with Gasteiger partial charge in [0.15, 0.2) is 9.84 Å². The van der Waals surface area contributed by atoms with Gasteiger partial charge >= 0.3 is 0 Å². The van der Waals surface area contributed by atoms with Crippen LogP contribution in [0.4, 0.5) is 0 Å². The molecule has 0 aliphatic rings. The normalized spacial score (nSPS) is 15.4. The SMILES string of the molecule is [CH2]CCC(N)S(C)(=O)=O. The second kappa shape index (κ2) is 3.17. The monoisotopic (exact) mass is 150 g/mol. The van der Waals surface area contributed by atoms with Crippen LogP contribution in [0.2, 0.25) is 0 Å². The van der Waals surface area contributed by atoms with Crippen LogP contribution in [-0.4, -0.2) is 20.0 Å². The molecule has 3 nitrogen and oxygen atoms in total. The zero-order valence-corrected chi connectivity index (χ0v) is 6.32. The Morgan fingerprint density at radius 2 is 2.11 bits per heavy atom. The second-order valence-corrected chi connectivity index (χ2v) is 4.27. The maximum absolute atomic E-state index is 10.6. The van der Waals surface area contributed by atoms with E-state index in [-0.39, 0.29) is 0 Å². The predicted octanol–water partition coefficient (Wildman–Crippen LogP) is -0.0699. The van der Waals surface area contributed by atoms with Crippen molar-refractivity contribution in [1.29, 1.82) is 0 Å². The lowest BCUT2D eigenvalue weighted by atomic mass is 10.3. The molecule has 0 heterocycles. The first-order valence-corrected chi connectivity index (χ1v) is 4.67. The fourth-order valence-corrected chi connectivity index (χ4v) is 1.01. The zero-order valence-electron chi connectivity index (χ0n) is 5.50. The Balaban J connectivity index is 3.90. The van der Waals surface area contributed by atoms with Gasteiger partial charge in [-0.3, -0.25) is 0 Å². The third-order valence-corrected chi connectivity index (χ3v) is 2.37. The Hall–Kier alpha value is -0.0900. The Morgan fingerprint density at radius 3 is 2.22 bits per heavy atom. The molecule has 9 heavy (non-hydrogen) atoms. The molecule has 0 aromatic heterocycles. The average Bonchev–Trinajstić information content (AvgIpc) is 1.64. The minimum absolute atomic E-state index is 0.443. The van der Waals surface area contributed by atoms with E-state index in [1.54, 1.807) is 0 Å². The summed E-state index contributed by atoms with van der Waals surface area (Å²) in [5.41, 5.74) is 5.23. The average molecular weight is 150 g/mol. The van der Waals surface area contributed by atoms with Crippen LogP contribution < -0.4 is 5.73 Å². The highest BCUT2D eigenvalue weighted by Crippen LogP contribution is 1.98. The molecule has 0 spiro atoms. The van der Waals surface area contributed by atoms with Gasteiger partial charge < -0.3 is 5.73 Å². The molecule has 2 N–H and O–H groups in total. The molecule has 1 radical (unpaired) electrons. The number of nitrogens with two attached hydrogens (primary N) is 1. The number of hydrogen-bond acceptors (Lipinski definition) is 3. The summed E-state index contributed by atoms with van der Waals surface area (Å²) in [6.07, 6.45) is 2.14. The van der Waals surface area contributed by atoms with E-state index in [4.69, 9.17) is 5.73 Å². The van der Waals surface area contributed by atoms with E-state index < -0.39 is 15.2 Å². The van der Waals surface area contributed by atoms with Crippen LogP contribution in [0.3, 0.4) is 0 Å². The van der Waals surface area contributed by atoms with Crippen molar-refractivity contribution in [1.82, 2.24) is 0 Å². The van der Waals surface area contributed by atoms with Crippen LogP contribution in [-0.2, 0) is 9.84 Å². The highest BCUT2D eigenvalue weighted by Gasteiger charge is 2.12. The molecule has 0 aliphatic heterocycles. The van der Waals surface area contributed by atoms with Gasteiger partial charge in [0.25, 0.3) is 0 Å². The molecule has 1 unspecified atom stereocenters. The van der Waals surface area contributed by atoms with Gasteiger partial charge in [0.05, 0.1) is 0 Å². The molecule has 0 rings (SSSR count). The molecule has 0 amide bonds. The number of rotatable bonds is 3. The van der Waals surface area contributed by atoms with E-state index >= 15 is 0 Å². The summed E-state index contributed by atoms with van der Waals surface area (Å²) in [5, 5.41) is -0.727. The van der Waals surface area contributed by atoms with Crippen molar-refractivity contribution in [2.75, 3.05) is 6.26 Å². The van der Waals surface area contributed by atoms with Gasteiger partial charge in [0, 0.05) is 6.26 Å². The van der Waals surface area contributed by atoms with Crippen LogP contribution in [0, 0.1) is 6.92 Å². The van der Waals surface area contributed by atoms with E-state index in [9.17, 15) is 8.42 Å². The largest absolute Gasteiger partial charge is 0.315 e. The Morgan fingerprint density at radius 1 is 1.67 bits per heavy atom. The third kappa shape index (κ3) is 3.48. The predicted molar refractivity (Wildman–Crippen MR) is 37.4 cm³/mol. The fraction of sp³-hybridized carbons (Fsp3) is 0.800. The summed E-state index contributed by atoms with van der Waals surface area (Å²) >= 11 is 0. The highest BCUT2D eigenvalue weighted by atomic mass is 32.2. The minimum Gasteiger partial charge on any atom is -0.315 e. The summed E-state index contributed by atoms with van der Waals surface area (Å²) < 4.78 is 21.1. The molecule has 0 saturated carbocycles. The van der Waals surface area contributed by atoms with Crippen LogP contribution >= 0.6 is 0 Å². The molecule has 1 atom stereocenters. The number of sulfone groups is 1. The van der Waals surface area contributed by atoms with Gasteiger partial charge in [-0.15, -0.1) is 0 Å². The van der Waals surface area contributed by atoms with Gasteiger partial charge in [-0.1, -0.05) is 13.3 Å². The van der Waals surface area contributed by atoms with Crippen molar-refractivity contribution < 1.29 is 8.42 Å². The molecule has 4 heteroatoms. The quantitative estimate of drug-likeness (QED) is 0.612. The smallest absolute Gasteiger partial charge is 0.163 e. The lowest BCUT2D eigenvalue weighted by molar-refractivity contribution is 0.580. The highest BCUT2D eigenvalue weighted by molar-refractivity contribution is 7.91. The van der Waals surface area contributed by atoms with Crippen LogP contribution in [0.15, 0.2) is 0 Å². The van der Waals surface area contributed by atoms with Gasteiger partial charge in [0.2, 0.25) is 0 Å². The maximum Gasteiger partial charge on any atom is 0.163 e. The van der Waals surface area contributed by atoms with Crippen molar-refractivity contribution >= 4 is 9.84 Å². The second-order valence-electron chi connectivity index (χ2n) is 2.01. The lowest BCUT2D eigenvalue weighted by Gasteiger charge is -2.05. The Bertz CT molecular complexity index is 162. The lowest BCUT2D eigenvalue weighted by Crippen LogP contribution is -2.29. The summed E-state index contributed by atoms with van der Waals surface area (Å²) in [5.74, 6) is 0. The van der Waals surface area contributed by atoms with E-state index in [2.05, 4.69) is 6.92 Å². The molecule has 0 fully saturated rings. The Labute approximate surface area is 56.2 Å². The van der Waals surface area contributed by atoms with Gasteiger partial charge in [-0.05, 0) is 6.42 Å². The van der Waals surface area contributed by atoms with Gasteiger partial charge in [-0.2, -0.15) is 0 Å². The topological polar surface area (TPSA) is 60.2 Å². The van der Waals surface area contributed by atoms with E-state index in [1.807, 2.05) is 0 Å². The first kappa shape index (κ1) is 8.91. The Kier molecular flexibility index (Phi) is 3.14. The van der Waals surface area contributed by atoms with Crippen LogP contribution in [0.1, 0.15) is 12.8 Å². The standard InChI is InChI=1S/C5H12NO2S/c1-3-4-5(6)9(2,7)8/h5H,1,3-4,6H2,2H3. The van der Waals surface area contributed by atoms with E-state index in [1.165, 1.54) is 0 Å². The summed E-state index contributed by atoms with van der Waals surface area (Å²) in [6.45, 7) is 3.49. The van der Waals surface area contributed by atoms with Crippen molar-refractivity contribution in [3.63, 3.8) is 0 Å². The first-order chi connectivity index (χ1) is 3.98. The number of hydrogen-bond donors (Lipinski definition) is 1. The van der Waals surface area contributed by atoms with E-state index in [0.29, 0.717) is 12.8 Å². The fourth-order valence-electron chi connectivity index (χ4n) is 0.415. The molecular weight excluding hydrogens is 138 g/mol. The summed E-state index contributed by atoms with van der Waals surface area (Å²) in [6, 6.07) is 0. The van der Waals surface area contributed by atoms with Crippen molar-refractivity contribution in [3.8, 4) is 0 Å². The van der Waals surface area contributed by atoms with Crippen LogP contribution in [0.25, 0.3) is 0 Å².